The highest BCUT2D eigenvalue weighted by molar-refractivity contribution is 5.27. The van der Waals surface area contributed by atoms with E-state index in [1.54, 1.807) is 0 Å². The molecule has 2 atom stereocenters. The van der Waals surface area contributed by atoms with Crippen LogP contribution in [-0.2, 0) is 4.74 Å². The molecule has 2 unspecified atom stereocenters. The molecule has 1 N–H and O–H groups in total. The largest absolute Gasteiger partial charge is 0.386 e. The zero-order chi connectivity index (χ0) is 14.0. The molecule has 3 nitrogen and oxygen atoms in total. The summed E-state index contributed by atoms with van der Waals surface area (Å²) in [7, 11) is 0. The van der Waals surface area contributed by atoms with Gasteiger partial charge in [-0.1, -0.05) is 19.1 Å². The number of morpholine rings is 1. The first kappa shape index (κ1) is 14.4. The molecular formula is C14H19F2NO2. The van der Waals surface area contributed by atoms with Gasteiger partial charge >= 0.3 is 0 Å². The molecule has 0 bridgehead atoms. The van der Waals surface area contributed by atoms with E-state index in [1.807, 2.05) is 6.92 Å². The van der Waals surface area contributed by atoms with Crippen LogP contribution in [0.25, 0.3) is 0 Å². The summed E-state index contributed by atoms with van der Waals surface area (Å²) in [6.07, 6.45) is -1.67. The Bertz CT molecular complexity index is 453. The molecule has 1 saturated heterocycles. The number of rotatable bonds is 3. The molecule has 0 aliphatic carbocycles. The Morgan fingerprint density at radius 2 is 2.16 bits per heavy atom. The molecule has 5 heteroatoms. The number of hydrogen-bond donors (Lipinski definition) is 1. The lowest BCUT2D eigenvalue weighted by molar-refractivity contribution is -0.0898. The van der Waals surface area contributed by atoms with Crippen molar-refractivity contribution in [3.8, 4) is 0 Å². The van der Waals surface area contributed by atoms with Gasteiger partial charge in [0.25, 0.3) is 0 Å². The predicted octanol–water partition coefficient (Wildman–Crippen LogP) is 2.03. The van der Waals surface area contributed by atoms with Gasteiger partial charge in [-0.2, -0.15) is 0 Å². The van der Waals surface area contributed by atoms with Crippen molar-refractivity contribution in [1.29, 1.82) is 0 Å². The van der Waals surface area contributed by atoms with Crippen LogP contribution in [0.3, 0.4) is 0 Å². The van der Waals surface area contributed by atoms with E-state index in [-0.39, 0.29) is 11.1 Å². The van der Waals surface area contributed by atoms with Gasteiger partial charge in [-0.05, 0) is 19.0 Å². The average molecular weight is 271 g/mol. The van der Waals surface area contributed by atoms with Crippen LogP contribution in [0, 0.1) is 18.6 Å². The van der Waals surface area contributed by atoms with E-state index >= 15 is 0 Å². The van der Waals surface area contributed by atoms with Crippen molar-refractivity contribution in [2.24, 2.45) is 0 Å². The third-order valence-corrected chi connectivity index (χ3v) is 3.60. The van der Waals surface area contributed by atoms with Crippen LogP contribution < -0.4 is 0 Å². The molecule has 0 spiro atoms. The number of nitrogens with zero attached hydrogens (tertiary/aromatic N) is 1. The van der Waals surface area contributed by atoms with Gasteiger partial charge < -0.3 is 9.84 Å². The fourth-order valence-corrected chi connectivity index (χ4v) is 2.30. The molecule has 0 saturated carbocycles. The number of likely N-dealkylation sites (N-methyl/N-ethyl adjacent to an activating group) is 1. The molecule has 1 aliphatic heterocycles. The molecule has 1 aromatic rings. The molecule has 1 heterocycles. The third-order valence-electron chi connectivity index (χ3n) is 3.60. The summed E-state index contributed by atoms with van der Waals surface area (Å²) in [6, 6.07) is 2.89. The van der Waals surface area contributed by atoms with E-state index in [1.165, 1.54) is 19.1 Å². The second-order valence-corrected chi connectivity index (χ2v) is 4.85. The Labute approximate surface area is 111 Å². The van der Waals surface area contributed by atoms with Gasteiger partial charge in [0.1, 0.15) is 12.2 Å². The predicted molar refractivity (Wildman–Crippen MR) is 67.9 cm³/mol. The maximum atomic E-state index is 13.8. The normalized spacial score (nSPS) is 22.5. The van der Waals surface area contributed by atoms with Crippen molar-refractivity contribution in [3.05, 3.63) is 34.9 Å². The van der Waals surface area contributed by atoms with Crippen molar-refractivity contribution in [2.45, 2.75) is 26.1 Å². The number of ether oxygens (including phenoxy) is 1. The minimum Gasteiger partial charge on any atom is -0.386 e. The van der Waals surface area contributed by atoms with Crippen LogP contribution in [0.15, 0.2) is 12.1 Å². The van der Waals surface area contributed by atoms with E-state index in [0.717, 1.165) is 13.1 Å². The zero-order valence-electron chi connectivity index (χ0n) is 11.2. The Kier molecular flexibility index (Phi) is 4.50. The van der Waals surface area contributed by atoms with Crippen LogP contribution in [-0.4, -0.2) is 42.4 Å². The number of aliphatic hydroxyl groups excluding tert-OH is 1. The van der Waals surface area contributed by atoms with Crippen LogP contribution in [0.2, 0.25) is 0 Å². The summed E-state index contributed by atoms with van der Waals surface area (Å²) in [5.74, 6) is -1.88. The van der Waals surface area contributed by atoms with Gasteiger partial charge in [0, 0.05) is 18.7 Å². The Balaban J connectivity index is 2.19. The van der Waals surface area contributed by atoms with E-state index < -0.39 is 23.8 Å². The third kappa shape index (κ3) is 2.94. The van der Waals surface area contributed by atoms with E-state index in [0.29, 0.717) is 13.2 Å². The standard InChI is InChI=1S/C14H19F2NO2/c1-3-17-6-7-19-11(8-17)14(18)10-5-4-9(2)12(15)13(10)16/h4-5,11,14,18H,3,6-8H2,1-2H3. The number of halogens is 2. The minimum atomic E-state index is -1.15. The first-order chi connectivity index (χ1) is 9.04. The molecule has 0 amide bonds. The maximum Gasteiger partial charge on any atom is 0.164 e. The summed E-state index contributed by atoms with van der Waals surface area (Å²) in [5.41, 5.74) is 0.194. The second kappa shape index (κ2) is 5.94. The Morgan fingerprint density at radius 1 is 1.42 bits per heavy atom. The van der Waals surface area contributed by atoms with E-state index in [4.69, 9.17) is 4.74 Å². The molecule has 19 heavy (non-hydrogen) atoms. The highest BCUT2D eigenvalue weighted by Crippen LogP contribution is 2.27. The first-order valence-electron chi connectivity index (χ1n) is 6.51. The molecule has 1 fully saturated rings. The Morgan fingerprint density at radius 3 is 2.84 bits per heavy atom. The summed E-state index contributed by atoms with van der Waals surface area (Å²) < 4.78 is 32.8. The highest BCUT2D eigenvalue weighted by atomic mass is 19.2. The molecule has 106 valence electrons. The minimum absolute atomic E-state index is 0.0361. The van der Waals surface area contributed by atoms with Crippen molar-refractivity contribution in [1.82, 2.24) is 4.90 Å². The van der Waals surface area contributed by atoms with Crippen LogP contribution in [0.1, 0.15) is 24.2 Å². The smallest absolute Gasteiger partial charge is 0.164 e. The first-order valence-corrected chi connectivity index (χ1v) is 6.51. The van der Waals surface area contributed by atoms with Crippen molar-refractivity contribution >= 4 is 0 Å². The number of aliphatic hydroxyl groups is 1. The lowest BCUT2D eigenvalue weighted by Gasteiger charge is -2.34. The quantitative estimate of drug-likeness (QED) is 0.913. The van der Waals surface area contributed by atoms with Gasteiger partial charge in [-0.15, -0.1) is 0 Å². The van der Waals surface area contributed by atoms with E-state index in [2.05, 4.69) is 4.90 Å². The topological polar surface area (TPSA) is 32.7 Å². The second-order valence-electron chi connectivity index (χ2n) is 4.85. The molecular weight excluding hydrogens is 252 g/mol. The Hall–Kier alpha value is -1.04. The van der Waals surface area contributed by atoms with Gasteiger partial charge in [0.05, 0.1) is 6.61 Å². The van der Waals surface area contributed by atoms with Gasteiger partial charge in [-0.3, -0.25) is 4.90 Å². The molecule has 2 rings (SSSR count). The number of hydrogen-bond acceptors (Lipinski definition) is 3. The summed E-state index contributed by atoms with van der Waals surface area (Å²) in [6.45, 7) is 6.16. The monoisotopic (exact) mass is 271 g/mol. The average Bonchev–Trinajstić information content (AvgIpc) is 2.44. The van der Waals surface area contributed by atoms with Crippen molar-refractivity contribution in [3.63, 3.8) is 0 Å². The van der Waals surface area contributed by atoms with Gasteiger partial charge in [-0.25, -0.2) is 8.78 Å². The fourth-order valence-electron chi connectivity index (χ4n) is 2.30. The lowest BCUT2D eigenvalue weighted by Crippen LogP contribution is -2.45. The number of benzene rings is 1. The van der Waals surface area contributed by atoms with Gasteiger partial charge in [0.2, 0.25) is 0 Å². The van der Waals surface area contributed by atoms with Crippen LogP contribution in [0.5, 0.6) is 0 Å². The summed E-state index contributed by atoms with van der Waals surface area (Å²) in [4.78, 5) is 2.11. The van der Waals surface area contributed by atoms with Gasteiger partial charge in [0.15, 0.2) is 11.6 Å². The SMILES string of the molecule is CCN1CCOC(C(O)c2ccc(C)c(F)c2F)C1. The summed E-state index contributed by atoms with van der Waals surface area (Å²) in [5, 5.41) is 10.2. The van der Waals surface area contributed by atoms with E-state index in [9.17, 15) is 13.9 Å². The van der Waals surface area contributed by atoms with Crippen molar-refractivity contribution in [2.75, 3.05) is 26.2 Å². The molecule has 1 aliphatic rings. The molecule has 0 radical (unpaired) electrons. The van der Waals surface area contributed by atoms with Crippen LogP contribution in [0.4, 0.5) is 8.78 Å². The van der Waals surface area contributed by atoms with Crippen molar-refractivity contribution < 1.29 is 18.6 Å². The number of aryl methyl sites for hydroxylation is 1. The lowest BCUT2D eigenvalue weighted by atomic mass is 10.0. The summed E-state index contributed by atoms with van der Waals surface area (Å²) >= 11 is 0. The highest BCUT2D eigenvalue weighted by Gasteiger charge is 2.30. The zero-order valence-corrected chi connectivity index (χ0v) is 11.2. The van der Waals surface area contributed by atoms with Crippen LogP contribution >= 0.6 is 0 Å². The fraction of sp³-hybridized carbons (Fsp3) is 0.571. The molecule has 1 aromatic carbocycles. The molecule has 0 aromatic heterocycles. The maximum absolute atomic E-state index is 13.8.